The molecule has 1 fully saturated rings. The van der Waals surface area contributed by atoms with E-state index in [1.165, 1.54) is 11.8 Å². The maximum absolute atomic E-state index is 12.3. The number of amides is 1. The highest BCUT2D eigenvalue weighted by molar-refractivity contribution is 7.99. The first-order valence-corrected chi connectivity index (χ1v) is 9.79. The molecular weight excluding hydrogens is 346 g/mol. The van der Waals surface area contributed by atoms with Gasteiger partial charge in [-0.15, -0.1) is 5.10 Å². The van der Waals surface area contributed by atoms with Gasteiger partial charge in [0.15, 0.2) is 0 Å². The summed E-state index contributed by atoms with van der Waals surface area (Å²) in [6.45, 7) is 5.58. The third kappa shape index (κ3) is 4.07. The minimum Gasteiger partial charge on any atom is -0.337 e. The highest BCUT2D eigenvalue weighted by Gasteiger charge is 2.32. The van der Waals surface area contributed by atoms with Crippen LogP contribution in [0, 0.1) is 17.2 Å². The molecule has 1 aromatic carbocycles. The zero-order valence-corrected chi connectivity index (χ0v) is 16.1. The van der Waals surface area contributed by atoms with Gasteiger partial charge in [0.25, 0.3) is 0 Å². The molecule has 7 heteroatoms. The lowest BCUT2D eigenvalue weighted by Crippen LogP contribution is -2.49. The number of nitrogens with one attached hydrogen (secondary N) is 1. The second kappa shape index (κ2) is 7.50. The van der Waals surface area contributed by atoms with Gasteiger partial charge in [0, 0.05) is 5.92 Å². The minimum absolute atomic E-state index is 0.0262. The molecule has 0 saturated heterocycles. The normalized spacial score (nSPS) is 16.1. The summed E-state index contributed by atoms with van der Waals surface area (Å²) in [7, 11) is 0. The third-order valence-corrected chi connectivity index (χ3v) is 5.51. The zero-order valence-electron chi connectivity index (χ0n) is 15.3. The summed E-state index contributed by atoms with van der Waals surface area (Å²) in [5.41, 5.74) is 0.114. The molecule has 1 aromatic heterocycles. The van der Waals surface area contributed by atoms with Crippen LogP contribution in [0.3, 0.4) is 0 Å². The summed E-state index contributed by atoms with van der Waals surface area (Å²) in [5.74, 6) is 1.44. The molecule has 1 aliphatic rings. The van der Waals surface area contributed by atoms with Crippen molar-refractivity contribution >= 4 is 17.7 Å². The second-order valence-corrected chi connectivity index (χ2v) is 8.02. The van der Waals surface area contributed by atoms with Crippen molar-refractivity contribution in [1.82, 2.24) is 20.1 Å². The third-order valence-electron chi connectivity index (χ3n) is 4.67. The molecule has 6 nitrogen and oxygen atoms in total. The van der Waals surface area contributed by atoms with Crippen molar-refractivity contribution in [2.24, 2.45) is 5.92 Å². The van der Waals surface area contributed by atoms with E-state index in [-0.39, 0.29) is 17.6 Å². The molecule has 1 atom stereocenters. The molecule has 0 unspecified atom stereocenters. The zero-order chi connectivity index (χ0) is 18.7. The smallest absolute Gasteiger partial charge is 0.231 e. The Balaban J connectivity index is 1.69. The lowest BCUT2D eigenvalue weighted by Gasteiger charge is -2.27. The molecule has 0 radical (unpaired) electrons. The molecule has 1 N–H and O–H groups in total. The van der Waals surface area contributed by atoms with Gasteiger partial charge in [-0.05, 0) is 37.8 Å². The van der Waals surface area contributed by atoms with Gasteiger partial charge in [-0.2, -0.15) is 5.26 Å². The van der Waals surface area contributed by atoms with Gasteiger partial charge in [-0.1, -0.05) is 43.8 Å². The van der Waals surface area contributed by atoms with Crippen LogP contribution in [0.5, 0.6) is 0 Å². The van der Waals surface area contributed by atoms with E-state index in [9.17, 15) is 10.1 Å². The van der Waals surface area contributed by atoms with E-state index in [1.54, 1.807) is 6.92 Å². The van der Waals surface area contributed by atoms with Crippen molar-refractivity contribution in [2.45, 2.75) is 50.2 Å². The molecule has 1 aliphatic carbocycles. The Morgan fingerprint density at radius 1 is 1.42 bits per heavy atom. The summed E-state index contributed by atoms with van der Waals surface area (Å²) in [6.07, 6.45) is 2.26. The number of carbonyl (C=O) groups excluding carboxylic acids is 1. The first kappa shape index (κ1) is 18.5. The van der Waals surface area contributed by atoms with Crippen molar-refractivity contribution in [2.75, 3.05) is 5.75 Å². The molecule has 3 rings (SSSR count). The largest absolute Gasteiger partial charge is 0.337 e. The molecule has 1 amide bonds. The van der Waals surface area contributed by atoms with Crippen molar-refractivity contribution < 1.29 is 4.79 Å². The average molecular weight is 369 g/mol. The Hall–Kier alpha value is -2.33. The van der Waals surface area contributed by atoms with E-state index in [4.69, 9.17) is 0 Å². The van der Waals surface area contributed by atoms with Crippen LogP contribution in [-0.4, -0.2) is 32.0 Å². The highest BCUT2D eigenvalue weighted by atomic mass is 32.2. The molecule has 0 aliphatic heterocycles. The Labute approximate surface area is 158 Å². The Morgan fingerprint density at radius 2 is 2.12 bits per heavy atom. The predicted octanol–water partition coefficient (Wildman–Crippen LogP) is 3.29. The number of benzene rings is 1. The number of para-hydroxylation sites is 1. The van der Waals surface area contributed by atoms with E-state index in [1.807, 2.05) is 48.9 Å². The summed E-state index contributed by atoms with van der Waals surface area (Å²) < 4.78 is 1.88. The maximum atomic E-state index is 12.3. The van der Waals surface area contributed by atoms with Crippen LogP contribution in [0.2, 0.25) is 0 Å². The fourth-order valence-corrected chi connectivity index (χ4v) is 3.12. The predicted molar refractivity (Wildman–Crippen MR) is 101 cm³/mol. The lowest BCUT2D eigenvalue weighted by molar-refractivity contribution is -0.120. The molecular formula is C19H23N5OS. The number of hydrogen-bond acceptors (Lipinski definition) is 5. The molecule has 26 heavy (non-hydrogen) atoms. The van der Waals surface area contributed by atoms with E-state index < -0.39 is 5.54 Å². The van der Waals surface area contributed by atoms with Crippen molar-refractivity contribution in [3.8, 4) is 11.8 Å². The van der Waals surface area contributed by atoms with Crippen LogP contribution in [0.25, 0.3) is 5.69 Å². The second-order valence-electron chi connectivity index (χ2n) is 7.08. The van der Waals surface area contributed by atoms with Crippen molar-refractivity contribution in [3.63, 3.8) is 0 Å². The number of hydrogen-bond donors (Lipinski definition) is 1. The van der Waals surface area contributed by atoms with Gasteiger partial charge >= 0.3 is 0 Å². The van der Waals surface area contributed by atoms with Gasteiger partial charge in [-0.25, -0.2) is 9.67 Å². The van der Waals surface area contributed by atoms with Gasteiger partial charge in [-0.3, -0.25) is 4.79 Å². The molecule has 136 valence electrons. The highest BCUT2D eigenvalue weighted by Crippen LogP contribution is 2.40. The molecule has 1 saturated carbocycles. The van der Waals surface area contributed by atoms with E-state index in [2.05, 4.69) is 21.5 Å². The van der Waals surface area contributed by atoms with Crippen LogP contribution >= 0.6 is 11.8 Å². The van der Waals surface area contributed by atoms with Crippen LogP contribution < -0.4 is 5.32 Å². The molecule has 0 spiro atoms. The topological polar surface area (TPSA) is 83.6 Å². The lowest BCUT2D eigenvalue weighted by atomic mass is 9.90. The fourth-order valence-electron chi connectivity index (χ4n) is 2.49. The van der Waals surface area contributed by atoms with Gasteiger partial charge in [0.2, 0.25) is 11.1 Å². The number of aromatic nitrogens is 3. The van der Waals surface area contributed by atoms with Crippen molar-refractivity contribution in [1.29, 1.82) is 5.26 Å². The SMILES string of the molecule is CC(C)[C@](C)(C#N)NC(=O)CSc1nc(C2CC2)n(-c2ccccc2)n1. The Morgan fingerprint density at radius 3 is 2.69 bits per heavy atom. The molecule has 2 aromatic rings. The van der Waals surface area contributed by atoms with Gasteiger partial charge in [0.05, 0.1) is 17.5 Å². The van der Waals surface area contributed by atoms with Gasteiger partial charge in [0.1, 0.15) is 11.4 Å². The Bertz CT molecular complexity index is 822. The number of nitriles is 1. The number of carbonyl (C=O) groups is 1. The summed E-state index contributed by atoms with van der Waals surface area (Å²) in [5, 5.41) is 17.3. The molecule has 0 bridgehead atoms. The number of thioether (sulfide) groups is 1. The molecule has 1 heterocycles. The van der Waals surface area contributed by atoms with Crippen LogP contribution in [0.4, 0.5) is 0 Å². The maximum Gasteiger partial charge on any atom is 0.231 e. The van der Waals surface area contributed by atoms with Crippen LogP contribution in [-0.2, 0) is 4.79 Å². The first-order valence-electron chi connectivity index (χ1n) is 8.80. The van der Waals surface area contributed by atoms with Crippen LogP contribution in [0.15, 0.2) is 35.5 Å². The summed E-state index contributed by atoms with van der Waals surface area (Å²) >= 11 is 1.30. The van der Waals surface area contributed by atoms with Crippen molar-refractivity contribution in [3.05, 3.63) is 36.2 Å². The standard InChI is InChI=1S/C19H23N5OS/c1-13(2)19(3,12-20)22-16(25)11-26-18-21-17(14-9-10-14)24(23-18)15-7-5-4-6-8-15/h4-8,13-14H,9-11H2,1-3H3,(H,22,25)/t19-/m0/s1. The number of nitrogens with zero attached hydrogens (tertiary/aromatic N) is 4. The van der Waals surface area contributed by atoms with Crippen LogP contribution in [0.1, 0.15) is 45.4 Å². The Kier molecular flexibility index (Phi) is 5.33. The summed E-state index contributed by atoms with van der Waals surface area (Å²) in [6, 6.07) is 12.1. The minimum atomic E-state index is -0.867. The summed E-state index contributed by atoms with van der Waals surface area (Å²) in [4.78, 5) is 16.9. The average Bonchev–Trinajstić information content (AvgIpc) is 3.40. The van der Waals surface area contributed by atoms with E-state index in [0.717, 1.165) is 24.4 Å². The van der Waals surface area contributed by atoms with Gasteiger partial charge < -0.3 is 5.32 Å². The monoisotopic (exact) mass is 369 g/mol. The first-order chi connectivity index (χ1) is 12.4. The number of rotatable bonds is 7. The van der Waals surface area contributed by atoms with E-state index >= 15 is 0 Å². The van der Waals surface area contributed by atoms with E-state index in [0.29, 0.717) is 11.1 Å². The fraction of sp³-hybridized carbons (Fsp3) is 0.474. The quantitative estimate of drug-likeness (QED) is 0.757.